The molecular formula is C16H17ClN3O2S+. The Morgan fingerprint density at radius 3 is 3.04 bits per heavy atom. The van der Waals surface area contributed by atoms with Gasteiger partial charge in [-0.15, -0.1) is 11.8 Å². The standard InChI is InChI=1S/C16H17ClN3O2S/c1-10-5-2-3-7-19(10)8-4-6-11-9-23-16-12(18)15(22)20(16)13(11)14(17)21/h2-7,12,16H,8-9,18H2,1H3/q+1/b6-4+/t12-,16-/m1/s1. The lowest BCUT2D eigenvalue weighted by atomic mass is 10.0. The van der Waals surface area contributed by atoms with Gasteiger partial charge in [0.25, 0.3) is 5.24 Å². The van der Waals surface area contributed by atoms with Crippen molar-refractivity contribution in [3.63, 3.8) is 0 Å². The van der Waals surface area contributed by atoms with Gasteiger partial charge in [-0.3, -0.25) is 14.5 Å². The van der Waals surface area contributed by atoms with Crippen molar-refractivity contribution in [3.05, 3.63) is 53.5 Å². The van der Waals surface area contributed by atoms with E-state index in [2.05, 4.69) is 4.57 Å². The van der Waals surface area contributed by atoms with Crippen molar-refractivity contribution in [1.29, 1.82) is 0 Å². The quantitative estimate of drug-likeness (QED) is 0.501. The van der Waals surface area contributed by atoms with Crippen molar-refractivity contribution in [3.8, 4) is 0 Å². The number of carbonyl (C=O) groups is 2. The minimum atomic E-state index is -0.612. The first-order valence-corrected chi connectivity index (χ1v) is 8.68. The lowest BCUT2D eigenvalue weighted by Gasteiger charge is -2.48. The molecule has 0 radical (unpaired) electrons. The van der Waals surface area contributed by atoms with E-state index < -0.39 is 11.3 Å². The molecule has 0 aromatic carbocycles. The van der Waals surface area contributed by atoms with E-state index in [4.69, 9.17) is 17.3 Å². The maximum atomic E-state index is 11.9. The highest BCUT2D eigenvalue weighted by Gasteiger charge is 2.51. The maximum Gasteiger partial charge on any atom is 0.269 e. The van der Waals surface area contributed by atoms with E-state index in [-0.39, 0.29) is 17.0 Å². The molecule has 2 aliphatic rings. The molecule has 0 bridgehead atoms. The van der Waals surface area contributed by atoms with Crippen molar-refractivity contribution < 1.29 is 14.2 Å². The number of amides is 1. The van der Waals surface area contributed by atoms with E-state index in [0.717, 1.165) is 11.3 Å². The van der Waals surface area contributed by atoms with E-state index in [9.17, 15) is 9.59 Å². The van der Waals surface area contributed by atoms with E-state index in [1.54, 1.807) is 11.8 Å². The largest absolute Gasteiger partial charge is 0.317 e. The number of β-lactam (4-membered cyclic amide) rings is 1. The van der Waals surface area contributed by atoms with Crippen molar-refractivity contribution >= 4 is 34.5 Å². The van der Waals surface area contributed by atoms with Crippen LogP contribution in [0.25, 0.3) is 0 Å². The van der Waals surface area contributed by atoms with Gasteiger partial charge in [-0.1, -0.05) is 12.1 Å². The van der Waals surface area contributed by atoms with Crippen LogP contribution < -0.4 is 10.3 Å². The Bertz CT molecular complexity index is 732. The zero-order chi connectivity index (χ0) is 16.6. The number of pyridine rings is 1. The molecule has 3 heterocycles. The topological polar surface area (TPSA) is 67.3 Å². The third-order valence-electron chi connectivity index (χ3n) is 4.01. The summed E-state index contributed by atoms with van der Waals surface area (Å²) in [5.74, 6) is 0.371. The van der Waals surface area contributed by atoms with E-state index in [1.165, 1.54) is 4.90 Å². The molecule has 1 aromatic heterocycles. The number of carbonyl (C=O) groups excluding carboxylic acids is 2. The first kappa shape index (κ1) is 16.2. The molecule has 7 heteroatoms. The molecule has 0 saturated carbocycles. The molecule has 5 nitrogen and oxygen atoms in total. The van der Waals surface area contributed by atoms with Crippen LogP contribution in [0.1, 0.15) is 5.69 Å². The Morgan fingerprint density at radius 2 is 2.35 bits per heavy atom. The first-order chi connectivity index (χ1) is 11.0. The second-order valence-corrected chi connectivity index (χ2v) is 6.93. The highest BCUT2D eigenvalue weighted by molar-refractivity contribution is 8.00. The van der Waals surface area contributed by atoms with E-state index >= 15 is 0 Å². The number of thioether (sulfide) groups is 1. The van der Waals surface area contributed by atoms with Crippen LogP contribution in [-0.2, 0) is 16.1 Å². The van der Waals surface area contributed by atoms with Gasteiger partial charge in [0.2, 0.25) is 5.91 Å². The van der Waals surface area contributed by atoms with Crippen LogP contribution in [0.15, 0.2) is 47.8 Å². The normalized spacial score (nSPS) is 24.0. The summed E-state index contributed by atoms with van der Waals surface area (Å²) in [6, 6.07) is 5.44. The van der Waals surface area contributed by atoms with Crippen molar-refractivity contribution in [2.24, 2.45) is 5.73 Å². The van der Waals surface area contributed by atoms with Crippen molar-refractivity contribution in [2.45, 2.75) is 24.9 Å². The minimum absolute atomic E-state index is 0.178. The number of allylic oxidation sites excluding steroid dienone is 3. The number of aryl methyl sites for hydroxylation is 1. The van der Waals surface area contributed by atoms with Crippen LogP contribution in [0, 0.1) is 6.92 Å². The smallest absolute Gasteiger partial charge is 0.269 e. The molecule has 1 fully saturated rings. The van der Waals surface area contributed by atoms with Gasteiger partial charge in [0.05, 0.1) is 0 Å². The SMILES string of the molecule is Cc1cccc[n+]1C/C=C/C1=C(C(=O)Cl)N2C(=O)[C@@H](N)[C@H]2SC1. The lowest BCUT2D eigenvalue weighted by molar-refractivity contribution is -0.693. The second-order valence-electron chi connectivity index (χ2n) is 5.48. The molecule has 1 amide bonds. The predicted octanol–water partition coefficient (Wildman–Crippen LogP) is 1.10. The average Bonchev–Trinajstić information content (AvgIpc) is 2.55. The van der Waals surface area contributed by atoms with Crippen LogP contribution in [0.4, 0.5) is 0 Å². The monoisotopic (exact) mass is 350 g/mol. The van der Waals surface area contributed by atoms with Crippen LogP contribution >= 0.6 is 23.4 Å². The number of hydrogen-bond acceptors (Lipinski definition) is 4. The third-order valence-corrected chi connectivity index (χ3v) is 5.52. The Morgan fingerprint density at radius 1 is 1.57 bits per heavy atom. The molecule has 2 atom stereocenters. The molecule has 2 N–H and O–H groups in total. The van der Waals surface area contributed by atoms with Crippen molar-refractivity contribution in [1.82, 2.24) is 4.90 Å². The van der Waals surface area contributed by atoms with Crippen LogP contribution in [0.2, 0.25) is 0 Å². The van der Waals surface area contributed by atoms with Gasteiger partial charge < -0.3 is 5.73 Å². The summed E-state index contributed by atoms with van der Waals surface area (Å²) in [6.45, 7) is 2.71. The number of aromatic nitrogens is 1. The highest BCUT2D eigenvalue weighted by atomic mass is 35.5. The summed E-state index contributed by atoms with van der Waals surface area (Å²) in [6.07, 6.45) is 5.83. The van der Waals surface area contributed by atoms with Gasteiger partial charge in [0.1, 0.15) is 17.1 Å². The Kier molecular flexibility index (Phi) is 4.57. The summed E-state index contributed by atoms with van der Waals surface area (Å²) < 4.78 is 2.09. The number of nitrogens with two attached hydrogens (primary N) is 1. The summed E-state index contributed by atoms with van der Waals surface area (Å²) in [4.78, 5) is 25.1. The van der Waals surface area contributed by atoms with E-state index in [1.807, 2.05) is 43.5 Å². The fraction of sp³-hybridized carbons (Fsp3) is 0.312. The molecule has 2 aliphatic heterocycles. The second kappa shape index (κ2) is 6.47. The number of rotatable bonds is 4. The maximum absolute atomic E-state index is 11.9. The Balaban J connectivity index is 1.82. The number of fused-ring (bicyclic) bond motifs is 1. The molecule has 3 rings (SSSR count). The zero-order valence-corrected chi connectivity index (χ0v) is 14.2. The molecule has 1 saturated heterocycles. The van der Waals surface area contributed by atoms with Crippen LogP contribution in [0.5, 0.6) is 0 Å². The molecular weight excluding hydrogens is 334 g/mol. The van der Waals surface area contributed by atoms with E-state index in [0.29, 0.717) is 12.3 Å². The molecule has 0 unspecified atom stereocenters. The average molecular weight is 351 g/mol. The van der Waals surface area contributed by atoms with Gasteiger partial charge >= 0.3 is 0 Å². The minimum Gasteiger partial charge on any atom is -0.317 e. The number of hydrogen-bond donors (Lipinski definition) is 1. The summed E-state index contributed by atoms with van der Waals surface area (Å²) in [7, 11) is 0. The summed E-state index contributed by atoms with van der Waals surface area (Å²) in [5.41, 5.74) is 7.94. The molecule has 120 valence electrons. The highest BCUT2D eigenvalue weighted by Crippen LogP contribution is 2.40. The molecule has 23 heavy (non-hydrogen) atoms. The van der Waals surface area contributed by atoms with Gasteiger partial charge in [0.15, 0.2) is 18.4 Å². The molecule has 0 spiro atoms. The lowest BCUT2D eigenvalue weighted by Crippen LogP contribution is -2.68. The number of nitrogens with zero attached hydrogens (tertiary/aromatic N) is 2. The van der Waals surface area contributed by atoms with Crippen molar-refractivity contribution in [2.75, 3.05) is 5.75 Å². The summed E-state index contributed by atoms with van der Waals surface area (Å²) >= 11 is 7.26. The van der Waals surface area contributed by atoms with Gasteiger partial charge in [-0.25, -0.2) is 0 Å². The fourth-order valence-electron chi connectivity index (χ4n) is 2.72. The summed E-state index contributed by atoms with van der Waals surface area (Å²) in [5, 5.41) is -0.790. The van der Waals surface area contributed by atoms with Gasteiger partial charge in [-0.2, -0.15) is 4.57 Å². The Hall–Kier alpha value is -1.63. The van der Waals surface area contributed by atoms with Gasteiger partial charge in [-0.05, 0) is 23.3 Å². The number of halogens is 1. The molecule has 1 aromatic rings. The van der Waals surface area contributed by atoms with Crippen LogP contribution in [-0.4, -0.2) is 33.2 Å². The first-order valence-electron chi connectivity index (χ1n) is 7.25. The fourth-order valence-corrected chi connectivity index (χ4v) is 4.20. The predicted molar refractivity (Wildman–Crippen MR) is 89.5 cm³/mol. The third kappa shape index (κ3) is 2.94. The Labute approximate surface area is 143 Å². The van der Waals surface area contributed by atoms with Gasteiger partial charge in [0, 0.05) is 24.8 Å². The zero-order valence-electron chi connectivity index (χ0n) is 12.6. The molecule has 0 aliphatic carbocycles. The van der Waals surface area contributed by atoms with Crippen LogP contribution in [0.3, 0.4) is 0 Å².